The molecule has 1 aromatic carbocycles. The Morgan fingerprint density at radius 3 is 2.91 bits per heavy atom. The fraction of sp³-hybridized carbons (Fsp3) is 0.500. The van der Waals surface area contributed by atoms with Gasteiger partial charge in [0.15, 0.2) is 0 Å². The van der Waals surface area contributed by atoms with Crippen LogP contribution in [0.1, 0.15) is 47.8 Å². The molecule has 2 aromatic rings. The summed E-state index contributed by atoms with van der Waals surface area (Å²) in [6.07, 6.45) is 4.31. The van der Waals surface area contributed by atoms with Crippen molar-refractivity contribution in [3.8, 4) is 5.75 Å². The summed E-state index contributed by atoms with van der Waals surface area (Å²) in [5.74, 6) is 1.34. The number of rotatable bonds is 3. The molecule has 2 aliphatic rings. The van der Waals surface area contributed by atoms with Crippen molar-refractivity contribution in [1.29, 1.82) is 0 Å². The average molecular weight is 300 g/mol. The number of aromatic hydroxyl groups is 1. The number of benzene rings is 1. The minimum absolute atomic E-state index is 0.107. The fourth-order valence-electron chi connectivity index (χ4n) is 3.07. The zero-order valence-corrected chi connectivity index (χ0v) is 12.4. The number of carbonyl (C=O) groups excluding carboxylic acids is 1. The second-order valence-corrected chi connectivity index (χ2v) is 6.27. The van der Waals surface area contributed by atoms with Crippen LogP contribution >= 0.6 is 0 Å². The molecule has 1 unspecified atom stereocenters. The van der Waals surface area contributed by atoms with E-state index in [-0.39, 0.29) is 17.7 Å². The van der Waals surface area contributed by atoms with Crippen molar-refractivity contribution in [3.05, 3.63) is 23.5 Å². The molecule has 1 aromatic heterocycles. The van der Waals surface area contributed by atoms with Gasteiger partial charge >= 0.3 is 0 Å². The van der Waals surface area contributed by atoms with Crippen LogP contribution in [-0.4, -0.2) is 40.1 Å². The number of fused-ring (bicyclic) bond motifs is 1. The first kappa shape index (κ1) is 13.6. The van der Waals surface area contributed by atoms with E-state index in [1.807, 2.05) is 0 Å². The topological polar surface area (TPSA) is 90.0 Å². The van der Waals surface area contributed by atoms with Crippen molar-refractivity contribution < 1.29 is 9.90 Å². The first-order chi connectivity index (χ1) is 10.7. The molecule has 1 aliphatic carbocycles. The summed E-state index contributed by atoms with van der Waals surface area (Å²) in [6.45, 7) is 1.82. The van der Waals surface area contributed by atoms with E-state index >= 15 is 0 Å². The molecule has 0 bridgehead atoms. The number of hydrogen-bond acceptors (Lipinski definition) is 4. The number of piperidine rings is 1. The van der Waals surface area contributed by atoms with Crippen molar-refractivity contribution in [1.82, 2.24) is 20.6 Å². The van der Waals surface area contributed by atoms with Gasteiger partial charge in [0.1, 0.15) is 17.1 Å². The van der Waals surface area contributed by atoms with Gasteiger partial charge in [-0.25, -0.2) is 4.98 Å². The van der Waals surface area contributed by atoms with E-state index in [0.29, 0.717) is 22.5 Å². The predicted octanol–water partition coefficient (Wildman–Crippen LogP) is 1.63. The summed E-state index contributed by atoms with van der Waals surface area (Å²) in [7, 11) is 0. The maximum atomic E-state index is 12.6. The number of nitrogens with one attached hydrogen (secondary N) is 3. The number of hydrogen-bond donors (Lipinski definition) is 4. The molecule has 2 heterocycles. The van der Waals surface area contributed by atoms with Crippen LogP contribution in [0.5, 0.6) is 5.75 Å². The Bertz CT molecular complexity index is 714. The summed E-state index contributed by atoms with van der Waals surface area (Å²) in [5.41, 5.74) is 1.69. The largest absolute Gasteiger partial charge is 0.506 e. The minimum Gasteiger partial charge on any atom is -0.506 e. The summed E-state index contributed by atoms with van der Waals surface area (Å²) < 4.78 is 0. The van der Waals surface area contributed by atoms with E-state index < -0.39 is 0 Å². The molecule has 1 saturated carbocycles. The molecule has 6 nitrogen and oxygen atoms in total. The molecule has 1 aliphatic heterocycles. The first-order valence-electron chi connectivity index (χ1n) is 7.95. The van der Waals surface area contributed by atoms with Crippen LogP contribution in [0.4, 0.5) is 0 Å². The minimum atomic E-state index is -0.107. The van der Waals surface area contributed by atoms with Crippen LogP contribution in [0.15, 0.2) is 12.1 Å². The number of nitrogens with zero attached hydrogens (tertiary/aromatic N) is 1. The van der Waals surface area contributed by atoms with Crippen LogP contribution in [-0.2, 0) is 0 Å². The van der Waals surface area contributed by atoms with Gasteiger partial charge in [0.2, 0.25) is 0 Å². The third-order valence-electron chi connectivity index (χ3n) is 4.48. The van der Waals surface area contributed by atoms with Crippen molar-refractivity contribution >= 4 is 16.9 Å². The third-order valence-corrected chi connectivity index (χ3v) is 4.48. The Morgan fingerprint density at radius 1 is 1.32 bits per heavy atom. The maximum Gasteiger partial charge on any atom is 0.253 e. The molecule has 4 N–H and O–H groups in total. The number of imidazole rings is 1. The lowest BCUT2D eigenvalue weighted by Gasteiger charge is -2.23. The lowest BCUT2D eigenvalue weighted by molar-refractivity contribution is 0.0932. The molecule has 4 rings (SSSR count). The Hall–Kier alpha value is -2.08. The zero-order valence-electron chi connectivity index (χ0n) is 12.4. The van der Waals surface area contributed by atoms with E-state index in [2.05, 4.69) is 20.6 Å². The van der Waals surface area contributed by atoms with E-state index in [0.717, 1.165) is 44.6 Å². The van der Waals surface area contributed by atoms with Crippen LogP contribution in [0.3, 0.4) is 0 Å². The quantitative estimate of drug-likeness (QED) is 0.693. The number of aromatic amines is 1. The smallest absolute Gasteiger partial charge is 0.253 e. The number of phenols is 1. The predicted molar refractivity (Wildman–Crippen MR) is 83.1 cm³/mol. The molecule has 1 saturated heterocycles. The highest BCUT2D eigenvalue weighted by Crippen LogP contribution is 2.40. The number of amides is 1. The Morgan fingerprint density at radius 2 is 2.18 bits per heavy atom. The molecule has 1 amide bonds. The molecule has 22 heavy (non-hydrogen) atoms. The van der Waals surface area contributed by atoms with Gasteiger partial charge in [-0.15, -0.1) is 0 Å². The summed E-state index contributed by atoms with van der Waals surface area (Å²) >= 11 is 0. The van der Waals surface area contributed by atoms with Crippen molar-refractivity contribution in [2.24, 2.45) is 0 Å². The summed E-state index contributed by atoms with van der Waals surface area (Å²) in [6, 6.07) is 3.38. The van der Waals surface area contributed by atoms with E-state index in [9.17, 15) is 9.90 Å². The highest BCUT2D eigenvalue weighted by Gasteiger charge is 2.28. The lowest BCUT2D eigenvalue weighted by Crippen LogP contribution is -2.45. The van der Waals surface area contributed by atoms with E-state index in [4.69, 9.17) is 0 Å². The standard InChI is InChI=1S/C16H20N4O2/c21-12-6-5-11(16(22)18-10-2-1-7-17-8-10)13-14(12)20-15(19-13)9-3-4-9/h5-6,9-10,17,21H,1-4,7-8H2,(H,18,22)(H,19,20). The molecular weight excluding hydrogens is 280 g/mol. The molecule has 116 valence electrons. The molecular formula is C16H20N4O2. The van der Waals surface area contributed by atoms with Gasteiger partial charge in [0.05, 0.1) is 11.1 Å². The van der Waals surface area contributed by atoms with Gasteiger partial charge in [-0.1, -0.05) is 0 Å². The Kier molecular flexibility index (Phi) is 3.26. The molecule has 0 spiro atoms. The zero-order chi connectivity index (χ0) is 15.1. The van der Waals surface area contributed by atoms with Crippen LogP contribution in [0.25, 0.3) is 11.0 Å². The van der Waals surface area contributed by atoms with Gasteiger partial charge in [-0.3, -0.25) is 4.79 Å². The Labute approximate surface area is 128 Å². The van der Waals surface area contributed by atoms with Gasteiger partial charge in [0, 0.05) is 18.5 Å². The fourth-order valence-corrected chi connectivity index (χ4v) is 3.07. The second kappa shape index (κ2) is 5.28. The first-order valence-corrected chi connectivity index (χ1v) is 7.95. The summed E-state index contributed by atoms with van der Waals surface area (Å²) in [4.78, 5) is 20.3. The highest BCUT2D eigenvalue weighted by molar-refractivity contribution is 6.06. The Balaban J connectivity index is 1.65. The molecule has 2 fully saturated rings. The normalized spacial score (nSPS) is 21.9. The molecule has 1 atom stereocenters. The highest BCUT2D eigenvalue weighted by atomic mass is 16.3. The second-order valence-electron chi connectivity index (χ2n) is 6.27. The monoisotopic (exact) mass is 300 g/mol. The summed E-state index contributed by atoms with van der Waals surface area (Å²) in [5, 5.41) is 16.4. The lowest BCUT2D eigenvalue weighted by atomic mass is 10.1. The molecule has 0 radical (unpaired) electrons. The molecule has 6 heteroatoms. The van der Waals surface area contributed by atoms with Crippen molar-refractivity contribution in [2.45, 2.75) is 37.6 Å². The van der Waals surface area contributed by atoms with Gasteiger partial charge < -0.3 is 20.7 Å². The third kappa shape index (κ3) is 2.43. The maximum absolute atomic E-state index is 12.6. The van der Waals surface area contributed by atoms with Gasteiger partial charge in [-0.05, 0) is 44.4 Å². The van der Waals surface area contributed by atoms with Gasteiger partial charge in [0.25, 0.3) is 5.91 Å². The van der Waals surface area contributed by atoms with Gasteiger partial charge in [-0.2, -0.15) is 0 Å². The van der Waals surface area contributed by atoms with Crippen LogP contribution in [0.2, 0.25) is 0 Å². The van der Waals surface area contributed by atoms with Crippen LogP contribution < -0.4 is 10.6 Å². The van der Waals surface area contributed by atoms with Crippen molar-refractivity contribution in [2.75, 3.05) is 13.1 Å². The number of aromatic nitrogens is 2. The number of H-pyrrole nitrogens is 1. The average Bonchev–Trinajstić information content (AvgIpc) is 3.28. The van der Waals surface area contributed by atoms with E-state index in [1.165, 1.54) is 0 Å². The van der Waals surface area contributed by atoms with Crippen LogP contribution in [0, 0.1) is 0 Å². The van der Waals surface area contributed by atoms with E-state index in [1.54, 1.807) is 12.1 Å². The van der Waals surface area contributed by atoms with Crippen molar-refractivity contribution in [3.63, 3.8) is 0 Å². The number of phenolic OH excluding ortho intramolecular Hbond substituents is 1. The SMILES string of the molecule is O=C(NC1CCCNC1)c1ccc(O)c2nc(C3CC3)[nH]c12. The number of carbonyl (C=O) groups is 1.